The number of rotatable bonds is 12. The molecule has 2 N–H and O–H groups in total. The number of amides is 2. The highest BCUT2D eigenvalue weighted by molar-refractivity contribution is 6.05. The van der Waals surface area contributed by atoms with Crippen LogP contribution in [0, 0.1) is 0 Å². The van der Waals surface area contributed by atoms with Crippen LogP contribution in [-0.2, 0) is 4.79 Å². The average molecular weight is 445 g/mol. The number of ether oxygens (including phenoxy) is 4. The van der Waals surface area contributed by atoms with E-state index in [1.807, 2.05) is 13.8 Å². The Balaban J connectivity index is 2.15. The number of carbonyl (C=O) groups excluding carboxylic acids is 2. The molecular weight excluding hydrogens is 412 g/mol. The molecule has 2 rings (SSSR count). The normalized spacial score (nSPS) is 10.4. The Morgan fingerprint density at radius 3 is 2.34 bits per heavy atom. The van der Waals surface area contributed by atoms with Gasteiger partial charge in [0.15, 0.2) is 18.1 Å². The summed E-state index contributed by atoms with van der Waals surface area (Å²) in [5.74, 6) is 1.30. The van der Waals surface area contributed by atoms with Gasteiger partial charge in [0.2, 0.25) is 0 Å². The molecule has 0 heterocycles. The zero-order chi connectivity index (χ0) is 23.5. The van der Waals surface area contributed by atoms with Crippen molar-refractivity contribution in [3.05, 3.63) is 42.0 Å². The third kappa shape index (κ3) is 7.37. The third-order valence-electron chi connectivity index (χ3n) is 4.42. The number of carbonyl (C=O) groups is 2. The van der Waals surface area contributed by atoms with Crippen LogP contribution in [0.4, 0.5) is 5.69 Å². The summed E-state index contributed by atoms with van der Waals surface area (Å²) in [7, 11) is 3.03. The van der Waals surface area contributed by atoms with Gasteiger partial charge in [-0.1, -0.05) is 13.3 Å². The van der Waals surface area contributed by atoms with Crippen LogP contribution < -0.4 is 29.6 Å². The Morgan fingerprint density at radius 2 is 1.69 bits per heavy atom. The Labute approximate surface area is 189 Å². The van der Waals surface area contributed by atoms with E-state index in [9.17, 15) is 9.59 Å². The molecule has 0 aliphatic heterocycles. The standard InChI is InChI=1S/C24H32N2O6/c1-6-7-12-31-20-11-9-18(29-4)14-19(20)26-24(28)17-8-10-21(22(13-17)30-5)32-15-23(27)25-16(2)3/h8-11,13-14,16H,6-7,12,15H2,1-5H3,(H,25,27)(H,26,28). The summed E-state index contributed by atoms with van der Waals surface area (Å²) in [4.78, 5) is 24.7. The van der Waals surface area contributed by atoms with Crippen LogP contribution in [0.15, 0.2) is 36.4 Å². The number of unbranched alkanes of at least 4 members (excludes halogenated alkanes) is 1. The third-order valence-corrected chi connectivity index (χ3v) is 4.42. The molecule has 2 amide bonds. The number of hydrogen-bond acceptors (Lipinski definition) is 6. The summed E-state index contributed by atoms with van der Waals surface area (Å²) < 4.78 is 22.0. The molecule has 0 fully saturated rings. The molecule has 8 nitrogen and oxygen atoms in total. The zero-order valence-corrected chi connectivity index (χ0v) is 19.3. The monoisotopic (exact) mass is 444 g/mol. The molecule has 2 aromatic rings. The van der Waals surface area contributed by atoms with Crippen molar-refractivity contribution >= 4 is 17.5 Å². The van der Waals surface area contributed by atoms with Crippen molar-refractivity contribution in [2.45, 2.75) is 39.7 Å². The average Bonchev–Trinajstić information content (AvgIpc) is 2.78. The first-order chi connectivity index (χ1) is 15.4. The van der Waals surface area contributed by atoms with Gasteiger partial charge in [-0.15, -0.1) is 0 Å². The fourth-order valence-electron chi connectivity index (χ4n) is 2.82. The van der Waals surface area contributed by atoms with Crippen LogP contribution in [0.2, 0.25) is 0 Å². The lowest BCUT2D eigenvalue weighted by molar-refractivity contribution is -0.123. The minimum Gasteiger partial charge on any atom is -0.497 e. The first-order valence-electron chi connectivity index (χ1n) is 10.6. The van der Waals surface area contributed by atoms with Gasteiger partial charge in [-0.2, -0.15) is 0 Å². The molecular formula is C24H32N2O6. The van der Waals surface area contributed by atoms with Crippen LogP contribution in [0.25, 0.3) is 0 Å². The van der Waals surface area contributed by atoms with Crippen molar-refractivity contribution in [1.29, 1.82) is 0 Å². The van der Waals surface area contributed by atoms with Gasteiger partial charge in [-0.3, -0.25) is 9.59 Å². The summed E-state index contributed by atoms with van der Waals surface area (Å²) in [6, 6.07) is 10.0. The van der Waals surface area contributed by atoms with Gasteiger partial charge >= 0.3 is 0 Å². The Morgan fingerprint density at radius 1 is 0.938 bits per heavy atom. The first-order valence-corrected chi connectivity index (χ1v) is 10.6. The van der Waals surface area contributed by atoms with Crippen LogP contribution in [0.3, 0.4) is 0 Å². The molecule has 174 valence electrons. The lowest BCUT2D eigenvalue weighted by Crippen LogP contribution is -2.34. The first kappa shape index (κ1) is 24.8. The second-order valence-corrected chi connectivity index (χ2v) is 7.39. The van der Waals surface area contributed by atoms with Crippen molar-refractivity contribution < 1.29 is 28.5 Å². The second-order valence-electron chi connectivity index (χ2n) is 7.39. The van der Waals surface area contributed by atoms with E-state index in [-0.39, 0.29) is 24.5 Å². The van der Waals surface area contributed by atoms with Crippen LogP contribution >= 0.6 is 0 Å². The molecule has 0 aliphatic carbocycles. The Kier molecular flexibility index (Phi) is 9.66. The highest BCUT2D eigenvalue weighted by Crippen LogP contribution is 2.32. The Bertz CT molecular complexity index is 913. The molecule has 8 heteroatoms. The van der Waals surface area contributed by atoms with E-state index in [2.05, 4.69) is 17.6 Å². The Hall–Kier alpha value is -3.42. The number of benzene rings is 2. The van der Waals surface area contributed by atoms with Crippen LogP contribution in [-0.4, -0.2) is 45.3 Å². The smallest absolute Gasteiger partial charge is 0.258 e. The molecule has 0 unspecified atom stereocenters. The molecule has 0 aliphatic rings. The predicted molar refractivity (Wildman–Crippen MR) is 123 cm³/mol. The molecule has 2 aromatic carbocycles. The van der Waals surface area contributed by atoms with Crippen molar-refractivity contribution in [3.63, 3.8) is 0 Å². The molecule has 0 bridgehead atoms. The van der Waals surface area contributed by atoms with E-state index in [0.29, 0.717) is 40.9 Å². The fraction of sp³-hybridized carbons (Fsp3) is 0.417. The van der Waals surface area contributed by atoms with Gasteiger partial charge in [-0.05, 0) is 50.6 Å². The van der Waals surface area contributed by atoms with E-state index in [0.717, 1.165) is 12.8 Å². The highest BCUT2D eigenvalue weighted by Gasteiger charge is 2.15. The van der Waals surface area contributed by atoms with Gasteiger partial charge in [0, 0.05) is 17.7 Å². The topological polar surface area (TPSA) is 95.1 Å². The highest BCUT2D eigenvalue weighted by atomic mass is 16.5. The summed E-state index contributed by atoms with van der Waals surface area (Å²) in [5, 5.41) is 5.62. The zero-order valence-electron chi connectivity index (χ0n) is 19.3. The number of methoxy groups -OCH3 is 2. The minimum atomic E-state index is -0.346. The fourth-order valence-corrected chi connectivity index (χ4v) is 2.82. The van der Waals surface area contributed by atoms with E-state index in [1.54, 1.807) is 43.5 Å². The predicted octanol–water partition coefficient (Wildman–Crippen LogP) is 4.04. The lowest BCUT2D eigenvalue weighted by Gasteiger charge is -2.15. The van der Waals surface area contributed by atoms with Crippen molar-refractivity contribution in [2.24, 2.45) is 0 Å². The van der Waals surface area contributed by atoms with E-state index in [1.165, 1.54) is 7.11 Å². The molecule has 0 aromatic heterocycles. The van der Waals surface area contributed by atoms with Gasteiger partial charge < -0.3 is 29.6 Å². The summed E-state index contributed by atoms with van der Waals surface area (Å²) >= 11 is 0. The number of anilines is 1. The van der Waals surface area contributed by atoms with Gasteiger partial charge in [0.25, 0.3) is 11.8 Å². The minimum absolute atomic E-state index is 0.0199. The molecule has 32 heavy (non-hydrogen) atoms. The van der Waals surface area contributed by atoms with E-state index >= 15 is 0 Å². The van der Waals surface area contributed by atoms with Crippen LogP contribution in [0.5, 0.6) is 23.0 Å². The molecule has 0 saturated carbocycles. The number of nitrogens with one attached hydrogen (secondary N) is 2. The molecule has 0 spiro atoms. The van der Waals surface area contributed by atoms with E-state index in [4.69, 9.17) is 18.9 Å². The molecule has 0 saturated heterocycles. The van der Waals surface area contributed by atoms with Crippen molar-refractivity contribution in [1.82, 2.24) is 5.32 Å². The quantitative estimate of drug-likeness (QED) is 0.480. The van der Waals surface area contributed by atoms with E-state index < -0.39 is 0 Å². The maximum atomic E-state index is 12.9. The lowest BCUT2D eigenvalue weighted by atomic mass is 10.1. The van der Waals surface area contributed by atoms with Gasteiger partial charge in [0.1, 0.15) is 11.5 Å². The summed E-state index contributed by atoms with van der Waals surface area (Å²) in [6.07, 6.45) is 1.92. The summed E-state index contributed by atoms with van der Waals surface area (Å²) in [5.41, 5.74) is 0.873. The largest absolute Gasteiger partial charge is 0.497 e. The molecule has 0 atom stereocenters. The molecule has 0 radical (unpaired) electrons. The van der Waals surface area contributed by atoms with Crippen LogP contribution in [0.1, 0.15) is 44.0 Å². The number of hydrogen-bond donors (Lipinski definition) is 2. The maximum absolute atomic E-state index is 12.9. The van der Waals surface area contributed by atoms with Crippen molar-refractivity contribution in [3.8, 4) is 23.0 Å². The van der Waals surface area contributed by atoms with Gasteiger partial charge in [-0.25, -0.2) is 0 Å². The SMILES string of the molecule is CCCCOc1ccc(OC)cc1NC(=O)c1ccc(OCC(=O)NC(C)C)c(OC)c1. The summed E-state index contributed by atoms with van der Waals surface area (Å²) in [6.45, 7) is 6.22. The van der Waals surface area contributed by atoms with Crippen molar-refractivity contribution in [2.75, 3.05) is 32.8 Å². The van der Waals surface area contributed by atoms with Gasteiger partial charge in [0.05, 0.1) is 26.5 Å². The maximum Gasteiger partial charge on any atom is 0.258 e. The second kappa shape index (κ2) is 12.4.